The fourth-order valence-electron chi connectivity index (χ4n) is 8.24. The summed E-state index contributed by atoms with van der Waals surface area (Å²) in [4.78, 5) is 64.5. The molecule has 2 aliphatic heterocycles. The molecule has 2 amide bonds. The molecular formula is C53H68N6O10S. The molecule has 2 aliphatic rings. The van der Waals surface area contributed by atoms with Crippen molar-refractivity contribution in [1.82, 2.24) is 25.1 Å². The quantitative estimate of drug-likeness (QED) is 0.0870. The lowest BCUT2D eigenvalue weighted by atomic mass is 9.93. The van der Waals surface area contributed by atoms with Crippen molar-refractivity contribution in [2.24, 2.45) is 0 Å². The summed E-state index contributed by atoms with van der Waals surface area (Å²) >= 11 is 1.79. The zero-order chi connectivity index (χ0) is 49.3. The standard InChI is InChI=1S/C53H68N6O10S/c1-2-40-34-41-12-5-7-19-49(41)59(35-42-13-4-6-16-46(40)42)51(61)21-20-50(60)54-22-8-3-9-33-70-39-45-38-68-29-25-57(36-43-14-10-17-47(55-43)52(62)63)23-27-66-31-32-67-28-24-58(26-30-69-45)37-44-15-11-18-48(56-44)53(64)65/h4-7,10-19,34,45H,2-3,8-9,20-33,35-39H2,1H3,(H,54,60)(H,62,63)(H,64,65)/b40-34-/t45-/m0/s1. The summed E-state index contributed by atoms with van der Waals surface area (Å²) in [5.74, 6) is -0.739. The van der Waals surface area contributed by atoms with Gasteiger partial charge < -0.3 is 39.4 Å². The smallest absolute Gasteiger partial charge is 0.354 e. The van der Waals surface area contributed by atoms with E-state index in [-0.39, 0.29) is 42.1 Å². The van der Waals surface area contributed by atoms with Crippen LogP contribution in [-0.4, -0.2) is 150 Å². The number of benzene rings is 2. The number of carboxylic acid groups (broad SMARTS) is 2. The van der Waals surface area contributed by atoms with Crippen LogP contribution < -0.4 is 10.2 Å². The minimum Gasteiger partial charge on any atom is -0.477 e. The Balaban J connectivity index is 0.955. The van der Waals surface area contributed by atoms with Crippen LogP contribution in [-0.2, 0) is 48.2 Å². The molecule has 1 atom stereocenters. The molecule has 0 aliphatic carbocycles. The number of para-hydroxylation sites is 1. The molecule has 0 unspecified atom stereocenters. The average molecular weight is 981 g/mol. The Hall–Kier alpha value is -5.53. The lowest BCUT2D eigenvalue weighted by molar-refractivity contribution is -0.125. The number of allylic oxidation sites excluding steroid dienone is 1. The van der Waals surface area contributed by atoms with E-state index >= 15 is 0 Å². The van der Waals surface area contributed by atoms with Gasteiger partial charge in [-0.25, -0.2) is 19.6 Å². The molecule has 3 N–H and O–H groups in total. The van der Waals surface area contributed by atoms with E-state index in [1.54, 1.807) is 23.9 Å². The number of nitrogens with one attached hydrogen (secondary N) is 1. The van der Waals surface area contributed by atoms with Gasteiger partial charge in [0.05, 0.1) is 76.0 Å². The van der Waals surface area contributed by atoms with Crippen LogP contribution in [0.1, 0.15) is 94.5 Å². The molecule has 1 saturated heterocycles. The minimum atomic E-state index is -1.07. The van der Waals surface area contributed by atoms with Gasteiger partial charge in [0, 0.05) is 64.4 Å². The lowest BCUT2D eigenvalue weighted by Gasteiger charge is -2.28. The monoisotopic (exact) mass is 980 g/mol. The van der Waals surface area contributed by atoms with Crippen molar-refractivity contribution in [3.63, 3.8) is 0 Å². The van der Waals surface area contributed by atoms with Crippen LogP contribution in [0.2, 0.25) is 0 Å². The van der Waals surface area contributed by atoms with Crippen LogP contribution in [0.25, 0.3) is 11.6 Å². The largest absolute Gasteiger partial charge is 0.477 e. The van der Waals surface area contributed by atoms with Crippen LogP contribution in [0.3, 0.4) is 0 Å². The van der Waals surface area contributed by atoms with E-state index in [0.29, 0.717) is 116 Å². The van der Waals surface area contributed by atoms with E-state index in [4.69, 9.17) is 18.9 Å². The number of unbranched alkanes of at least 4 members (excludes halogenated alkanes) is 2. The van der Waals surface area contributed by atoms with Crippen molar-refractivity contribution in [2.75, 3.05) is 95.4 Å². The Bertz CT molecular complexity index is 2330. The number of rotatable bonds is 18. The molecule has 4 aromatic rings. The summed E-state index contributed by atoms with van der Waals surface area (Å²) in [5, 5.41) is 22.0. The molecule has 6 rings (SSSR count). The first kappa shape index (κ1) is 53.8. The molecule has 0 radical (unpaired) electrons. The van der Waals surface area contributed by atoms with Gasteiger partial charge in [0.15, 0.2) is 0 Å². The Kier molecular flexibility index (Phi) is 22.8. The van der Waals surface area contributed by atoms with Gasteiger partial charge in [-0.15, -0.1) is 0 Å². The third-order valence-corrected chi connectivity index (χ3v) is 13.2. The van der Waals surface area contributed by atoms with Gasteiger partial charge in [-0.05, 0) is 83.7 Å². The number of amides is 2. The molecule has 0 bridgehead atoms. The summed E-state index contributed by atoms with van der Waals surface area (Å²) in [7, 11) is 0. The van der Waals surface area contributed by atoms with Crippen molar-refractivity contribution < 1.29 is 48.3 Å². The molecule has 70 heavy (non-hydrogen) atoms. The Morgan fingerprint density at radius 2 is 1.33 bits per heavy atom. The maximum atomic E-state index is 13.7. The van der Waals surface area contributed by atoms with Crippen molar-refractivity contribution in [2.45, 2.75) is 71.2 Å². The number of nitrogens with zero attached hydrogens (tertiary/aromatic N) is 5. The normalized spacial score (nSPS) is 17.9. The van der Waals surface area contributed by atoms with Gasteiger partial charge in [0.1, 0.15) is 11.4 Å². The van der Waals surface area contributed by atoms with Crippen LogP contribution in [0.4, 0.5) is 5.69 Å². The number of hydrogen-bond acceptors (Lipinski definition) is 13. The first-order chi connectivity index (χ1) is 34.2. The maximum Gasteiger partial charge on any atom is 0.354 e. The molecule has 0 spiro atoms. The number of carboxylic acids is 2. The molecule has 2 aromatic carbocycles. The van der Waals surface area contributed by atoms with Gasteiger partial charge in [0.25, 0.3) is 0 Å². The Morgan fingerprint density at radius 3 is 2.00 bits per heavy atom. The molecule has 16 nitrogen and oxygen atoms in total. The van der Waals surface area contributed by atoms with Crippen molar-refractivity contribution in [3.8, 4) is 0 Å². The second-order valence-corrected chi connectivity index (χ2v) is 18.3. The zero-order valence-corrected chi connectivity index (χ0v) is 41.1. The van der Waals surface area contributed by atoms with Crippen molar-refractivity contribution in [3.05, 3.63) is 124 Å². The summed E-state index contributed by atoms with van der Waals surface area (Å²) < 4.78 is 24.5. The van der Waals surface area contributed by atoms with Gasteiger partial charge in [-0.3, -0.25) is 19.4 Å². The van der Waals surface area contributed by atoms with E-state index in [0.717, 1.165) is 53.8 Å². The summed E-state index contributed by atoms with van der Waals surface area (Å²) in [6, 6.07) is 26.2. The molecular weight excluding hydrogens is 913 g/mol. The van der Waals surface area contributed by atoms with Crippen LogP contribution >= 0.6 is 11.8 Å². The number of anilines is 1. The highest BCUT2D eigenvalue weighted by molar-refractivity contribution is 7.99. The molecule has 2 aromatic heterocycles. The predicted molar refractivity (Wildman–Crippen MR) is 271 cm³/mol. The molecule has 376 valence electrons. The fourth-order valence-corrected chi connectivity index (χ4v) is 9.27. The first-order valence-corrected chi connectivity index (χ1v) is 25.5. The van der Waals surface area contributed by atoms with E-state index < -0.39 is 11.9 Å². The second-order valence-electron chi connectivity index (χ2n) is 17.2. The number of carbonyl (C=O) groups is 4. The number of hydrogen-bond donors (Lipinski definition) is 3. The zero-order valence-electron chi connectivity index (χ0n) is 40.3. The van der Waals surface area contributed by atoms with Crippen LogP contribution in [0, 0.1) is 0 Å². The number of fused-ring (bicyclic) bond motifs is 2. The molecule has 4 heterocycles. The summed E-state index contributed by atoms with van der Waals surface area (Å²) in [6.45, 7) is 9.20. The average Bonchev–Trinajstić information content (AvgIpc) is 3.36. The third kappa shape index (κ3) is 18.0. The van der Waals surface area contributed by atoms with E-state index in [2.05, 4.69) is 50.2 Å². The van der Waals surface area contributed by atoms with E-state index in [1.165, 1.54) is 17.7 Å². The number of thioether (sulfide) groups is 1. The first-order valence-electron chi connectivity index (χ1n) is 24.4. The second kappa shape index (κ2) is 29.6. The number of ether oxygens (including phenoxy) is 4. The summed E-state index contributed by atoms with van der Waals surface area (Å²) in [5.41, 5.74) is 6.61. The lowest BCUT2D eigenvalue weighted by Crippen LogP contribution is -2.35. The van der Waals surface area contributed by atoms with Crippen molar-refractivity contribution in [1.29, 1.82) is 0 Å². The van der Waals surface area contributed by atoms with Gasteiger partial charge >= 0.3 is 11.9 Å². The molecule has 1 fully saturated rings. The fraction of sp³-hybridized carbons (Fsp3) is 0.472. The Morgan fingerprint density at radius 1 is 0.700 bits per heavy atom. The SMILES string of the molecule is CC/C1=C/c2ccccc2N(C(=O)CCC(=O)NCCCCCSC[C@@H]2COCCN(Cc3cccc(C(=O)O)n3)CCOCCOCCN(Cc3cccc(C(=O)O)n3)CCO2)Cc2ccccc21. The number of carbonyl (C=O) groups excluding carboxylic acids is 2. The molecule has 17 heteroatoms. The minimum absolute atomic E-state index is 0.00183. The van der Waals surface area contributed by atoms with E-state index in [9.17, 15) is 29.4 Å². The maximum absolute atomic E-state index is 13.7. The third-order valence-electron chi connectivity index (χ3n) is 12.0. The summed E-state index contributed by atoms with van der Waals surface area (Å²) in [6.07, 6.45) is 5.82. The molecule has 0 saturated carbocycles. The number of pyridine rings is 2. The van der Waals surface area contributed by atoms with Crippen LogP contribution in [0.15, 0.2) is 84.9 Å². The van der Waals surface area contributed by atoms with E-state index in [1.807, 2.05) is 53.4 Å². The highest BCUT2D eigenvalue weighted by Crippen LogP contribution is 2.34. The topological polar surface area (TPSA) is 193 Å². The predicted octanol–water partition coefficient (Wildman–Crippen LogP) is 6.92. The van der Waals surface area contributed by atoms with Gasteiger partial charge in [-0.1, -0.05) is 67.9 Å². The number of aromatic carboxylic acids is 2. The van der Waals surface area contributed by atoms with Crippen LogP contribution in [0.5, 0.6) is 0 Å². The highest BCUT2D eigenvalue weighted by Gasteiger charge is 2.24. The van der Waals surface area contributed by atoms with Gasteiger partial charge in [0.2, 0.25) is 11.8 Å². The highest BCUT2D eigenvalue weighted by atomic mass is 32.2. The number of aromatic nitrogens is 2. The Labute approximate surface area is 415 Å². The van der Waals surface area contributed by atoms with Crippen molar-refractivity contribution >= 4 is 52.9 Å². The van der Waals surface area contributed by atoms with Gasteiger partial charge in [-0.2, -0.15) is 11.8 Å².